The number of aromatic nitrogens is 4. The van der Waals surface area contributed by atoms with E-state index in [4.69, 9.17) is 0 Å². The van der Waals surface area contributed by atoms with Crippen LogP contribution < -0.4 is 0 Å². The Morgan fingerprint density at radius 2 is 1.77 bits per heavy atom. The van der Waals surface area contributed by atoms with E-state index < -0.39 is 0 Å². The van der Waals surface area contributed by atoms with E-state index in [1.807, 2.05) is 59.1 Å². The average Bonchev–Trinajstić information content (AvgIpc) is 3.13. The van der Waals surface area contributed by atoms with Crippen LogP contribution in [0.2, 0.25) is 0 Å². The summed E-state index contributed by atoms with van der Waals surface area (Å²) in [5.41, 5.74) is 3.18. The van der Waals surface area contributed by atoms with Gasteiger partial charge in [-0.1, -0.05) is 35.5 Å². The molecule has 4 rings (SSSR count). The van der Waals surface area contributed by atoms with Gasteiger partial charge in [-0.25, -0.2) is 4.68 Å². The van der Waals surface area contributed by atoms with Gasteiger partial charge in [0, 0.05) is 42.6 Å². The highest BCUT2D eigenvalue weighted by Crippen LogP contribution is 2.24. The van der Waals surface area contributed by atoms with Gasteiger partial charge in [0.1, 0.15) is 5.69 Å². The van der Waals surface area contributed by atoms with Gasteiger partial charge in [0.2, 0.25) is 0 Å². The number of rotatable bonds is 4. The zero-order chi connectivity index (χ0) is 17.8. The zero-order valence-electron chi connectivity index (χ0n) is 14.3. The third-order valence-electron chi connectivity index (χ3n) is 4.36. The van der Waals surface area contributed by atoms with Crippen LogP contribution in [0.4, 0.5) is 0 Å². The highest BCUT2D eigenvalue weighted by molar-refractivity contribution is 7.99. The molecule has 6 nitrogen and oxygen atoms in total. The summed E-state index contributed by atoms with van der Waals surface area (Å²) in [4.78, 5) is 19.0. The molecule has 26 heavy (non-hydrogen) atoms. The number of carbonyl (C=O) groups is 1. The standard InChI is InChI=1S/C19H19N5OS/c25-19(23-10-12-26-13-11-23)17-18(16-6-8-20-9-7-16)24(22-21-17)14-15-4-2-1-3-5-15/h1-9H,10-14H2. The fraction of sp³-hybridized carbons (Fsp3) is 0.263. The van der Waals surface area contributed by atoms with Crippen LogP contribution in [0.25, 0.3) is 11.3 Å². The largest absolute Gasteiger partial charge is 0.336 e. The predicted molar refractivity (Wildman–Crippen MR) is 102 cm³/mol. The Balaban J connectivity index is 1.73. The van der Waals surface area contributed by atoms with Crippen molar-refractivity contribution in [2.45, 2.75) is 6.54 Å². The summed E-state index contributed by atoms with van der Waals surface area (Å²) in [6, 6.07) is 13.8. The van der Waals surface area contributed by atoms with Gasteiger partial charge in [-0.2, -0.15) is 11.8 Å². The molecule has 7 heteroatoms. The van der Waals surface area contributed by atoms with Gasteiger partial charge in [-0.15, -0.1) is 5.10 Å². The van der Waals surface area contributed by atoms with Crippen molar-refractivity contribution in [3.8, 4) is 11.3 Å². The Kier molecular flexibility index (Phi) is 4.97. The number of thioether (sulfide) groups is 1. The van der Waals surface area contributed by atoms with Gasteiger partial charge in [-0.3, -0.25) is 9.78 Å². The molecule has 0 bridgehead atoms. The summed E-state index contributed by atoms with van der Waals surface area (Å²) in [5, 5.41) is 8.56. The van der Waals surface area contributed by atoms with Crippen molar-refractivity contribution in [2.24, 2.45) is 0 Å². The molecule has 2 aromatic heterocycles. The number of pyridine rings is 1. The van der Waals surface area contributed by atoms with Crippen LogP contribution in [0.3, 0.4) is 0 Å². The summed E-state index contributed by atoms with van der Waals surface area (Å²) >= 11 is 1.88. The maximum Gasteiger partial charge on any atom is 0.276 e. The minimum absolute atomic E-state index is 0.0450. The third kappa shape index (κ3) is 3.48. The van der Waals surface area contributed by atoms with Crippen molar-refractivity contribution in [1.82, 2.24) is 24.9 Å². The molecule has 1 aliphatic rings. The number of benzene rings is 1. The molecule has 3 aromatic rings. The molecule has 1 aromatic carbocycles. The van der Waals surface area contributed by atoms with Gasteiger partial charge >= 0.3 is 0 Å². The molecule has 0 radical (unpaired) electrons. The smallest absolute Gasteiger partial charge is 0.276 e. The fourth-order valence-corrected chi connectivity index (χ4v) is 3.94. The minimum atomic E-state index is -0.0450. The van der Waals surface area contributed by atoms with Crippen LogP contribution in [0.15, 0.2) is 54.9 Å². The van der Waals surface area contributed by atoms with Crippen LogP contribution >= 0.6 is 11.8 Å². The van der Waals surface area contributed by atoms with Gasteiger partial charge in [-0.05, 0) is 17.7 Å². The minimum Gasteiger partial charge on any atom is -0.336 e. The topological polar surface area (TPSA) is 63.9 Å². The number of carbonyl (C=O) groups excluding carboxylic acids is 1. The summed E-state index contributed by atoms with van der Waals surface area (Å²) in [6.45, 7) is 2.07. The van der Waals surface area contributed by atoms with E-state index in [1.165, 1.54) is 0 Å². The number of hydrogen-bond acceptors (Lipinski definition) is 5. The lowest BCUT2D eigenvalue weighted by atomic mass is 10.1. The molecule has 0 spiro atoms. The van der Waals surface area contributed by atoms with Crippen molar-refractivity contribution < 1.29 is 4.79 Å². The zero-order valence-corrected chi connectivity index (χ0v) is 15.1. The normalized spacial score (nSPS) is 14.4. The molecule has 1 saturated heterocycles. The first kappa shape index (κ1) is 16.8. The monoisotopic (exact) mass is 365 g/mol. The maximum absolute atomic E-state index is 13.0. The van der Waals surface area contributed by atoms with Crippen LogP contribution in [-0.2, 0) is 6.54 Å². The SMILES string of the molecule is O=C(c1nnn(Cc2ccccc2)c1-c1ccncc1)N1CCSCC1. The molecule has 132 valence electrons. The first-order chi connectivity index (χ1) is 12.8. The van der Waals surface area contributed by atoms with Crippen molar-refractivity contribution in [1.29, 1.82) is 0 Å². The first-order valence-electron chi connectivity index (χ1n) is 8.58. The molecule has 1 amide bonds. The van der Waals surface area contributed by atoms with Crippen molar-refractivity contribution >= 4 is 17.7 Å². The van der Waals surface area contributed by atoms with E-state index in [9.17, 15) is 4.79 Å². The number of amides is 1. The molecule has 3 heterocycles. The Labute approximate surface area is 156 Å². The molecule has 1 fully saturated rings. The molecule has 0 N–H and O–H groups in total. The third-order valence-corrected chi connectivity index (χ3v) is 5.31. The van der Waals surface area contributed by atoms with Crippen molar-refractivity contribution in [3.63, 3.8) is 0 Å². The van der Waals surface area contributed by atoms with E-state index in [1.54, 1.807) is 17.1 Å². The number of hydrogen-bond donors (Lipinski definition) is 0. The molecular weight excluding hydrogens is 346 g/mol. The van der Waals surface area contributed by atoms with Crippen LogP contribution in [0.5, 0.6) is 0 Å². The lowest BCUT2D eigenvalue weighted by Crippen LogP contribution is -2.38. The van der Waals surface area contributed by atoms with Crippen LogP contribution in [0, 0.1) is 0 Å². The van der Waals surface area contributed by atoms with E-state index in [0.717, 1.165) is 41.4 Å². The molecule has 0 unspecified atom stereocenters. The van der Waals surface area contributed by atoms with Gasteiger partial charge < -0.3 is 4.90 Å². The summed E-state index contributed by atoms with van der Waals surface area (Å²) in [5.74, 6) is 1.89. The van der Waals surface area contributed by atoms with Gasteiger partial charge in [0.05, 0.1) is 6.54 Å². The second kappa shape index (κ2) is 7.70. The molecule has 0 saturated carbocycles. The van der Waals surface area contributed by atoms with Crippen molar-refractivity contribution in [3.05, 3.63) is 66.1 Å². The Morgan fingerprint density at radius 3 is 2.50 bits per heavy atom. The second-order valence-corrected chi connectivity index (χ2v) is 7.30. The molecule has 0 atom stereocenters. The van der Waals surface area contributed by atoms with E-state index >= 15 is 0 Å². The van der Waals surface area contributed by atoms with Crippen LogP contribution in [0.1, 0.15) is 16.1 Å². The fourth-order valence-electron chi connectivity index (χ4n) is 3.04. The first-order valence-corrected chi connectivity index (χ1v) is 9.73. The van der Waals surface area contributed by atoms with E-state index in [0.29, 0.717) is 12.2 Å². The van der Waals surface area contributed by atoms with Crippen molar-refractivity contribution in [2.75, 3.05) is 24.6 Å². The Hall–Kier alpha value is -2.67. The summed E-state index contributed by atoms with van der Waals surface area (Å²) in [7, 11) is 0. The molecule has 1 aliphatic heterocycles. The molecule has 0 aliphatic carbocycles. The summed E-state index contributed by atoms with van der Waals surface area (Å²) in [6.07, 6.45) is 3.45. The van der Waals surface area contributed by atoms with E-state index in [2.05, 4.69) is 15.3 Å². The molecular formula is C19H19N5OS. The quantitative estimate of drug-likeness (QED) is 0.711. The lowest BCUT2D eigenvalue weighted by Gasteiger charge is -2.25. The second-order valence-electron chi connectivity index (χ2n) is 6.07. The highest BCUT2D eigenvalue weighted by atomic mass is 32.2. The predicted octanol–water partition coefficient (Wildman–Crippen LogP) is 2.58. The van der Waals surface area contributed by atoms with Crippen LogP contribution in [-0.4, -0.2) is 55.4 Å². The summed E-state index contributed by atoms with van der Waals surface area (Å²) < 4.78 is 1.80. The Morgan fingerprint density at radius 1 is 1.04 bits per heavy atom. The highest BCUT2D eigenvalue weighted by Gasteiger charge is 2.26. The lowest BCUT2D eigenvalue weighted by molar-refractivity contribution is 0.0767. The maximum atomic E-state index is 13.0. The van der Waals surface area contributed by atoms with Gasteiger partial charge in [0.25, 0.3) is 5.91 Å². The van der Waals surface area contributed by atoms with Gasteiger partial charge in [0.15, 0.2) is 5.69 Å². The number of nitrogens with zero attached hydrogens (tertiary/aromatic N) is 5. The average molecular weight is 365 g/mol. The Bertz CT molecular complexity index is 875. The van der Waals surface area contributed by atoms with E-state index in [-0.39, 0.29) is 5.91 Å².